The molecule has 3 aliphatic rings. The van der Waals surface area contributed by atoms with Gasteiger partial charge in [0.25, 0.3) is 5.91 Å². The molecule has 1 amide bonds. The number of alkyl halides is 1. The molecule has 2 atom stereocenters. The Morgan fingerprint density at radius 1 is 0.919 bits per heavy atom. The number of halogens is 1. The first kappa shape index (κ1) is 24.3. The Hall–Kier alpha value is -3.02. The molecule has 1 saturated heterocycles. The molecule has 37 heavy (non-hydrogen) atoms. The average Bonchev–Trinajstić information content (AvgIpc) is 3.46. The van der Waals surface area contributed by atoms with E-state index in [2.05, 4.69) is 35.2 Å². The number of carbonyl (C=O) groups excluding carboxylic acids is 1. The number of rotatable bonds is 8. The van der Waals surface area contributed by atoms with Gasteiger partial charge in [0, 0.05) is 31.6 Å². The molecule has 1 fully saturated rings. The average molecular weight is 517 g/mol. The van der Waals surface area contributed by atoms with E-state index < -0.39 is 6.29 Å². The van der Waals surface area contributed by atoms with Crippen molar-refractivity contribution in [3.8, 4) is 11.5 Å². The summed E-state index contributed by atoms with van der Waals surface area (Å²) in [5, 5.41) is -0.199. The molecule has 0 radical (unpaired) electrons. The highest BCUT2D eigenvalue weighted by Crippen LogP contribution is 2.42. The summed E-state index contributed by atoms with van der Waals surface area (Å²) in [5.74, 6) is 2.13. The van der Waals surface area contributed by atoms with Gasteiger partial charge in [-0.25, -0.2) is 0 Å². The van der Waals surface area contributed by atoms with E-state index in [0.717, 1.165) is 49.3 Å². The summed E-state index contributed by atoms with van der Waals surface area (Å²) in [5.41, 5.74) is 4.19. The molecule has 2 unspecified atom stereocenters. The predicted molar refractivity (Wildman–Crippen MR) is 145 cm³/mol. The van der Waals surface area contributed by atoms with Crippen molar-refractivity contribution in [1.29, 1.82) is 0 Å². The molecule has 3 aromatic rings. The van der Waals surface area contributed by atoms with Gasteiger partial charge < -0.3 is 14.4 Å². The lowest BCUT2D eigenvalue weighted by Gasteiger charge is -2.32. The Kier molecular flexibility index (Phi) is 7.08. The SMILES string of the molecule is O=C1c2cc3c(cc2CN1CCC1CCN(Cc2ccccc2)CC1)OC(CC(Cl)c1ccccc1)O3. The Morgan fingerprint density at radius 2 is 1.59 bits per heavy atom. The Balaban J connectivity index is 0.989. The largest absolute Gasteiger partial charge is 0.451 e. The van der Waals surface area contributed by atoms with Crippen molar-refractivity contribution in [1.82, 2.24) is 9.80 Å². The molecule has 192 valence electrons. The van der Waals surface area contributed by atoms with Crippen LogP contribution >= 0.6 is 11.6 Å². The molecule has 0 N–H and O–H groups in total. The monoisotopic (exact) mass is 516 g/mol. The Bertz CT molecular complexity index is 1230. The van der Waals surface area contributed by atoms with Crippen LogP contribution in [0.2, 0.25) is 0 Å². The van der Waals surface area contributed by atoms with Gasteiger partial charge in [-0.05, 0) is 67.1 Å². The topological polar surface area (TPSA) is 42.0 Å². The molecule has 3 aromatic carbocycles. The standard InChI is InChI=1S/C31H33ClN2O3/c32-27(24-9-5-2-6-10-24)19-30-36-28-17-25-21-34(31(35)26(25)18-29(28)37-30)16-13-22-11-14-33(15-12-22)20-23-7-3-1-4-8-23/h1-10,17-18,22,27,30H,11-16,19-21H2. The first-order valence-electron chi connectivity index (χ1n) is 13.4. The second-order valence-corrected chi connectivity index (χ2v) is 11.0. The van der Waals surface area contributed by atoms with Crippen LogP contribution in [-0.2, 0) is 13.1 Å². The first-order chi connectivity index (χ1) is 18.1. The maximum Gasteiger partial charge on any atom is 0.254 e. The minimum absolute atomic E-state index is 0.103. The van der Waals surface area contributed by atoms with Crippen LogP contribution in [0, 0.1) is 5.92 Å². The third-order valence-electron chi connectivity index (χ3n) is 7.89. The van der Waals surface area contributed by atoms with Crippen molar-refractivity contribution in [3.05, 3.63) is 95.1 Å². The number of likely N-dealkylation sites (tertiary alicyclic amines) is 1. The minimum atomic E-state index is -0.445. The Morgan fingerprint density at radius 3 is 2.32 bits per heavy atom. The van der Waals surface area contributed by atoms with Gasteiger partial charge in [0.15, 0.2) is 11.5 Å². The van der Waals surface area contributed by atoms with Crippen LogP contribution in [0.1, 0.15) is 58.1 Å². The van der Waals surface area contributed by atoms with Crippen molar-refractivity contribution in [2.75, 3.05) is 19.6 Å². The second kappa shape index (κ2) is 10.8. The quantitative estimate of drug-likeness (QED) is 0.324. The van der Waals surface area contributed by atoms with Gasteiger partial charge in [-0.3, -0.25) is 9.69 Å². The van der Waals surface area contributed by atoms with Crippen LogP contribution in [0.25, 0.3) is 0 Å². The zero-order chi connectivity index (χ0) is 25.2. The third kappa shape index (κ3) is 5.48. The van der Waals surface area contributed by atoms with Gasteiger partial charge >= 0.3 is 0 Å². The van der Waals surface area contributed by atoms with E-state index in [-0.39, 0.29) is 11.3 Å². The van der Waals surface area contributed by atoms with Crippen molar-refractivity contribution < 1.29 is 14.3 Å². The highest BCUT2D eigenvalue weighted by Gasteiger charge is 2.34. The number of benzene rings is 3. The van der Waals surface area contributed by atoms with Crippen LogP contribution < -0.4 is 9.47 Å². The second-order valence-electron chi connectivity index (χ2n) is 10.5. The smallest absolute Gasteiger partial charge is 0.254 e. The molecule has 0 saturated carbocycles. The maximum atomic E-state index is 13.2. The highest BCUT2D eigenvalue weighted by atomic mass is 35.5. The van der Waals surface area contributed by atoms with Crippen molar-refractivity contribution >= 4 is 17.5 Å². The fourth-order valence-corrected chi connectivity index (χ4v) is 6.02. The van der Waals surface area contributed by atoms with Crippen molar-refractivity contribution in [3.63, 3.8) is 0 Å². The van der Waals surface area contributed by atoms with Crippen LogP contribution in [0.3, 0.4) is 0 Å². The van der Waals surface area contributed by atoms with E-state index in [4.69, 9.17) is 21.1 Å². The summed E-state index contributed by atoms with van der Waals surface area (Å²) in [6, 6.07) is 24.5. The zero-order valence-corrected chi connectivity index (χ0v) is 21.8. The lowest BCUT2D eigenvalue weighted by Crippen LogP contribution is -2.35. The Labute approximate surface area is 223 Å². The fraction of sp³-hybridized carbons (Fsp3) is 0.387. The van der Waals surface area contributed by atoms with E-state index in [0.29, 0.717) is 30.4 Å². The molecule has 3 heterocycles. The number of carbonyl (C=O) groups is 1. The first-order valence-corrected chi connectivity index (χ1v) is 13.8. The van der Waals surface area contributed by atoms with E-state index in [9.17, 15) is 4.79 Å². The van der Waals surface area contributed by atoms with Crippen LogP contribution in [0.4, 0.5) is 0 Å². The van der Waals surface area contributed by atoms with Gasteiger partial charge in [0.1, 0.15) is 0 Å². The maximum absolute atomic E-state index is 13.2. The van der Waals surface area contributed by atoms with Gasteiger partial charge in [-0.15, -0.1) is 11.6 Å². The number of fused-ring (bicyclic) bond motifs is 2. The number of amides is 1. The number of hydrogen-bond donors (Lipinski definition) is 0. The molecule has 6 rings (SSSR count). The summed E-state index contributed by atoms with van der Waals surface area (Å²) < 4.78 is 12.1. The molecule has 0 spiro atoms. The van der Waals surface area contributed by atoms with E-state index in [1.54, 1.807) is 0 Å². The molecule has 6 heteroatoms. The molecular formula is C31H33ClN2O3. The van der Waals surface area contributed by atoms with Crippen molar-refractivity contribution in [2.45, 2.75) is 50.4 Å². The molecule has 0 aromatic heterocycles. The van der Waals surface area contributed by atoms with Gasteiger partial charge in [-0.1, -0.05) is 60.7 Å². The number of nitrogens with zero attached hydrogens (tertiary/aromatic N) is 2. The van der Waals surface area contributed by atoms with Gasteiger partial charge in [0.05, 0.1) is 5.38 Å². The normalized spacial score (nSPS) is 20.3. The lowest BCUT2D eigenvalue weighted by atomic mass is 9.93. The minimum Gasteiger partial charge on any atom is -0.451 e. The summed E-state index contributed by atoms with van der Waals surface area (Å²) in [4.78, 5) is 17.7. The molecule has 0 aliphatic carbocycles. The predicted octanol–water partition coefficient (Wildman–Crippen LogP) is 6.41. The van der Waals surface area contributed by atoms with Gasteiger partial charge in [-0.2, -0.15) is 0 Å². The van der Waals surface area contributed by atoms with Crippen LogP contribution in [0.15, 0.2) is 72.8 Å². The summed E-state index contributed by atoms with van der Waals surface area (Å²) in [7, 11) is 0. The zero-order valence-electron chi connectivity index (χ0n) is 21.0. The molecular weight excluding hydrogens is 484 g/mol. The van der Waals surface area contributed by atoms with Crippen molar-refractivity contribution in [2.24, 2.45) is 5.92 Å². The van der Waals surface area contributed by atoms with E-state index >= 15 is 0 Å². The van der Waals surface area contributed by atoms with Gasteiger partial charge in [0.2, 0.25) is 6.29 Å². The molecule has 5 nitrogen and oxygen atoms in total. The van der Waals surface area contributed by atoms with E-state index in [1.165, 1.54) is 18.4 Å². The number of hydrogen-bond acceptors (Lipinski definition) is 4. The van der Waals surface area contributed by atoms with E-state index in [1.807, 2.05) is 47.4 Å². The molecule has 0 bridgehead atoms. The number of ether oxygens (including phenoxy) is 2. The summed E-state index contributed by atoms with van der Waals surface area (Å²) in [6.45, 7) is 4.73. The third-order valence-corrected chi connectivity index (χ3v) is 8.32. The summed E-state index contributed by atoms with van der Waals surface area (Å²) in [6.07, 6.45) is 3.55. The lowest BCUT2D eigenvalue weighted by molar-refractivity contribution is 0.0409. The number of piperidine rings is 1. The van der Waals surface area contributed by atoms with Crippen LogP contribution in [-0.4, -0.2) is 41.6 Å². The van der Waals surface area contributed by atoms with Crippen LogP contribution in [0.5, 0.6) is 11.5 Å². The fourth-order valence-electron chi connectivity index (χ4n) is 5.73. The summed E-state index contributed by atoms with van der Waals surface area (Å²) >= 11 is 6.59. The highest BCUT2D eigenvalue weighted by molar-refractivity contribution is 6.20. The molecule has 3 aliphatic heterocycles.